The first-order chi connectivity index (χ1) is 10.6. The number of phenols is 1. The van der Waals surface area contributed by atoms with Crippen LogP contribution in [0.15, 0.2) is 53.7 Å². The van der Waals surface area contributed by atoms with Crippen molar-refractivity contribution in [1.82, 2.24) is 0 Å². The predicted octanol–water partition coefficient (Wildman–Crippen LogP) is 5.25. The Morgan fingerprint density at radius 3 is 2.32 bits per heavy atom. The van der Waals surface area contributed by atoms with Crippen LogP contribution >= 0.6 is 0 Å². The van der Waals surface area contributed by atoms with Crippen molar-refractivity contribution in [3.05, 3.63) is 64.6 Å². The van der Waals surface area contributed by atoms with Gasteiger partial charge in [-0.3, -0.25) is 0 Å². The van der Waals surface area contributed by atoms with E-state index in [4.69, 9.17) is 0 Å². The maximum atomic E-state index is 11.3. The fourth-order valence-corrected chi connectivity index (χ4v) is 3.77. The molecule has 108 valence electrons. The monoisotopic (exact) mass is 289 g/mol. The molecule has 0 amide bonds. The molecule has 3 nitrogen and oxygen atoms in total. The van der Waals surface area contributed by atoms with Gasteiger partial charge in [-0.15, -0.1) is 4.91 Å². The first-order valence-corrected chi connectivity index (χ1v) is 7.28. The van der Waals surface area contributed by atoms with Crippen LogP contribution in [0.4, 0.5) is 5.69 Å². The molecule has 0 aliphatic heterocycles. The molecule has 1 aliphatic carbocycles. The van der Waals surface area contributed by atoms with Crippen molar-refractivity contribution in [3.8, 4) is 16.9 Å². The van der Waals surface area contributed by atoms with Gasteiger partial charge in [0.1, 0.15) is 5.75 Å². The van der Waals surface area contributed by atoms with Crippen LogP contribution in [0.2, 0.25) is 0 Å². The summed E-state index contributed by atoms with van der Waals surface area (Å²) >= 11 is 0. The second-order valence-electron chi connectivity index (χ2n) is 6.25. The summed E-state index contributed by atoms with van der Waals surface area (Å²) in [5.41, 5.74) is 3.86. The summed E-state index contributed by atoms with van der Waals surface area (Å²) in [5, 5.41) is 15.5. The van der Waals surface area contributed by atoms with Crippen molar-refractivity contribution in [1.29, 1.82) is 0 Å². The SMILES string of the molecule is CC1(C)c2ccccc2-c2c1c(O)c(N=O)c1ccccc21. The van der Waals surface area contributed by atoms with Crippen molar-refractivity contribution in [2.24, 2.45) is 5.18 Å². The van der Waals surface area contributed by atoms with E-state index < -0.39 is 0 Å². The zero-order valence-corrected chi connectivity index (χ0v) is 12.4. The van der Waals surface area contributed by atoms with Crippen LogP contribution in [0, 0.1) is 4.91 Å². The van der Waals surface area contributed by atoms with Gasteiger partial charge in [0.25, 0.3) is 0 Å². The van der Waals surface area contributed by atoms with Gasteiger partial charge in [0, 0.05) is 16.4 Å². The van der Waals surface area contributed by atoms with Gasteiger partial charge in [-0.05, 0) is 27.3 Å². The van der Waals surface area contributed by atoms with Gasteiger partial charge in [-0.2, -0.15) is 0 Å². The smallest absolute Gasteiger partial charge is 0.157 e. The lowest BCUT2D eigenvalue weighted by atomic mass is 9.81. The number of fused-ring (bicyclic) bond motifs is 5. The molecule has 0 radical (unpaired) electrons. The Hall–Kier alpha value is -2.68. The van der Waals surface area contributed by atoms with Crippen molar-refractivity contribution in [3.63, 3.8) is 0 Å². The van der Waals surface area contributed by atoms with Gasteiger partial charge in [-0.1, -0.05) is 62.4 Å². The van der Waals surface area contributed by atoms with Crippen molar-refractivity contribution in [2.75, 3.05) is 0 Å². The quantitative estimate of drug-likeness (QED) is 0.622. The molecule has 0 spiro atoms. The Kier molecular flexibility index (Phi) is 2.46. The second kappa shape index (κ2) is 4.17. The van der Waals surface area contributed by atoms with Crippen LogP contribution < -0.4 is 0 Å². The van der Waals surface area contributed by atoms with Gasteiger partial charge in [0.2, 0.25) is 0 Å². The minimum Gasteiger partial charge on any atom is -0.505 e. The Morgan fingerprint density at radius 1 is 0.955 bits per heavy atom. The third-order valence-corrected chi connectivity index (χ3v) is 4.75. The lowest BCUT2D eigenvalue weighted by molar-refractivity contribution is 0.458. The lowest BCUT2D eigenvalue weighted by Crippen LogP contribution is -2.15. The van der Waals surface area contributed by atoms with Crippen molar-refractivity contribution >= 4 is 16.5 Å². The average Bonchev–Trinajstić information content (AvgIpc) is 2.77. The van der Waals surface area contributed by atoms with E-state index in [9.17, 15) is 10.0 Å². The summed E-state index contributed by atoms with van der Waals surface area (Å²) in [6, 6.07) is 15.8. The van der Waals surface area contributed by atoms with Gasteiger partial charge >= 0.3 is 0 Å². The molecule has 0 heterocycles. The van der Waals surface area contributed by atoms with Gasteiger partial charge in [0.15, 0.2) is 5.69 Å². The molecule has 0 saturated carbocycles. The van der Waals surface area contributed by atoms with E-state index in [1.165, 1.54) is 0 Å². The summed E-state index contributed by atoms with van der Waals surface area (Å²) in [7, 11) is 0. The topological polar surface area (TPSA) is 49.7 Å². The van der Waals surface area contributed by atoms with Crippen LogP contribution in [0.25, 0.3) is 21.9 Å². The van der Waals surface area contributed by atoms with E-state index in [0.717, 1.165) is 27.6 Å². The molecule has 4 rings (SSSR count). The summed E-state index contributed by atoms with van der Waals surface area (Å²) in [6.45, 7) is 4.14. The molecule has 0 atom stereocenters. The molecular weight excluding hydrogens is 274 g/mol. The first kappa shape index (κ1) is 13.0. The molecule has 0 saturated heterocycles. The van der Waals surface area contributed by atoms with Crippen LogP contribution in [0.1, 0.15) is 25.0 Å². The highest BCUT2D eigenvalue weighted by molar-refractivity contribution is 6.09. The predicted molar refractivity (Wildman–Crippen MR) is 88.6 cm³/mol. The minimum absolute atomic E-state index is 0.00454. The lowest BCUT2D eigenvalue weighted by Gasteiger charge is -2.23. The summed E-state index contributed by atoms with van der Waals surface area (Å²) < 4.78 is 0. The van der Waals surface area contributed by atoms with Crippen molar-refractivity contribution in [2.45, 2.75) is 19.3 Å². The highest BCUT2D eigenvalue weighted by atomic mass is 16.3. The van der Waals surface area contributed by atoms with E-state index in [-0.39, 0.29) is 16.9 Å². The number of nitrogens with zero attached hydrogens (tertiary/aromatic N) is 1. The molecule has 0 aromatic heterocycles. The number of rotatable bonds is 1. The molecule has 3 aromatic rings. The number of nitroso groups, excluding NO2 is 1. The van der Waals surface area contributed by atoms with Crippen LogP contribution in [-0.2, 0) is 5.41 Å². The Bertz CT molecular complexity index is 942. The zero-order chi connectivity index (χ0) is 15.5. The normalized spacial score (nSPS) is 14.6. The number of aromatic hydroxyl groups is 1. The Balaban J connectivity index is 2.30. The molecule has 0 unspecified atom stereocenters. The van der Waals surface area contributed by atoms with E-state index in [1.54, 1.807) is 0 Å². The maximum absolute atomic E-state index is 11.3. The van der Waals surface area contributed by atoms with E-state index in [2.05, 4.69) is 31.2 Å². The van der Waals surface area contributed by atoms with Crippen LogP contribution in [-0.4, -0.2) is 5.11 Å². The maximum Gasteiger partial charge on any atom is 0.157 e. The summed E-state index contributed by atoms with van der Waals surface area (Å²) in [5.74, 6) is 0.00454. The molecule has 0 fully saturated rings. The highest BCUT2D eigenvalue weighted by Crippen LogP contribution is 2.57. The van der Waals surface area contributed by atoms with Gasteiger partial charge in [-0.25, -0.2) is 0 Å². The Labute approximate surface area is 128 Å². The Morgan fingerprint density at radius 2 is 1.59 bits per heavy atom. The zero-order valence-electron chi connectivity index (χ0n) is 12.4. The molecule has 1 aliphatic rings. The first-order valence-electron chi connectivity index (χ1n) is 7.28. The van der Waals surface area contributed by atoms with E-state index >= 15 is 0 Å². The summed E-state index contributed by atoms with van der Waals surface area (Å²) in [4.78, 5) is 11.3. The molecule has 0 bridgehead atoms. The molecule has 3 aromatic carbocycles. The third kappa shape index (κ3) is 1.40. The summed E-state index contributed by atoms with van der Waals surface area (Å²) in [6.07, 6.45) is 0. The average molecular weight is 289 g/mol. The van der Waals surface area contributed by atoms with Gasteiger partial charge in [0.05, 0.1) is 0 Å². The highest BCUT2D eigenvalue weighted by Gasteiger charge is 2.40. The molecule has 1 N–H and O–H groups in total. The second-order valence-corrected chi connectivity index (χ2v) is 6.25. The number of phenolic OH excluding ortho intramolecular Hbond substituents is 1. The molecule has 22 heavy (non-hydrogen) atoms. The van der Waals surface area contributed by atoms with E-state index in [0.29, 0.717) is 5.39 Å². The fraction of sp³-hybridized carbons (Fsp3) is 0.158. The van der Waals surface area contributed by atoms with Crippen molar-refractivity contribution < 1.29 is 5.11 Å². The number of benzene rings is 3. The fourth-order valence-electron chi connectivity index (χ4n) is 3.77. The van der Waals surface area contributed by atoms with E-state index in [1.807, 2.05) is 36.4 Å². The standard InChI is InChI=1S/C19H15NO2/c1-19(2)14-10-6-5-9-13(14)15-11-7-3-4-8-12(11)17(20-22)18(21)16(15)19/h3-10,21H,1-2H3. The number of hydrogen-bond donors (Lipinski definition) is 1. The molecule has 3 heteroatoms. The molecular formula is C19H15NO2. The van der Waals surface area contributed by atoms with Crippen LogP contribution in [0.5, 0.6) is 5.75 Å². The number of hydrogen-bond acceptors (Lipinski definition) is 3. The third-order valence-electron chi connectivity index (χ3n) is 4.75. The largest absolute Gasteiger partial charge is 0.505 e. The van der Waals surface area contributed by atoms with Gasteiger partial charge < -0.3 is 5.11 Å². The minimum atomic E-state index is -0.362. The van der Waals surface area contributed by atoms with Crippen LogP contribution in [0.3, 0.4) is 0 Å².